The molecule has 2 heteroatoms. The lowest BCUT2D eigenvalue weighted by molar-refractivity contribution is 1.74. The van der Waals surface area contributed by atoms with Crippen LogP contribution < -0.4 is 26.5 Å². The molecule has 0 aromatic heterocycles. The molecule has 0 radical (unpaired) electrons. The zero-order valence-corrected chi connectivity index (χ0v) is 19.8. The van der Waals surface area contributed by atoms with Crippen LogP contribution in [0.3, 0.4) is 0 Å². The molecule has 0 saturated heterocycles. The number of rotatable bonds is 5. The van der Waals surface area contributed by atoms with E-state index in [4.69, 9.17) is 0 Å². The smallest absolute Gasteiger partial charge is 0.0134 e. The van der Waals surface area contributed by atoms with Crippen molar-refractivity contribution >= 4 is 43.0 Å². The van der Waals surface area contributed by atoms with Crippen LogP contribution in [0.15, 0.2) is 152 Å². The van der Waals surface area contributed by atoms with Gasteiger partial charge in [0.15, 0.2) is 0 Å². The summed E-state index contributed by atoms with van der Waals surface area (Å²) in [4.78, 5) is 0. The lowest BCUT2D eigenvalue weighted by Gasteiger charge is -2.18. The van der Waals surface area contributed by atoms with Crippen LogP contribution in [0, 0.1) is 0 Å². The first-order chi connectivity index (χ1) is 15.9. The Morgan fingerprint density at radius 1 is 0.312 bits per heavy atom. The van der Waals surface area contributed by atoms with E-state index >= 15 is 0 Å². The van der Waals surface area contributed by atoms with Gasteiger partial charge in [0.25, 0.3) is 0 Å². The monoisotopic (exact) mass is 448 g/mol. The van der Waals surface area contributed by atoms with Gasteiger partial charge in [0.05, 0.1) is 0 Å². The molecule has 0 aliphatic heterocycles. The zero-order valence-electron chi connectivity index (χ0n) is 17.9. The highest BCUT2D eigenvalue weighted by Gasteiger charge is 2.14. The Bertz CT molecular complexity index is 1030. The van der Waals surface area contributed by atoms with E-state index in [0.29, 0.717) is 0 Å². The Morgan fingerprint density at radius 3 is 0.844 bits per heavy atom. The van der Waals surface area contributed by atoms with Gasteiger partial charge in [-0.2, -0.15) is 0 Å². The standard InChI is InChI=1S/C18H15P.C12H11P/c1-4-10-16(11-5-1)19(17-12-6-2-7-13-17)18-14-8-3-9-15-18;1-3-7-11(8-4-1)13-12-9-5-2-6-10-12/h1-15H;1-10,13H. The second-order valence-corrected chi connectivity index (χ2v) is 10.8. The van der Waals surface area contributed by atoms with Crippen molar-refractivity contribution in [3.8, 4) is 0 Å². The van der Waals surface area contributed by atoms with Crippen LogP contribution in [0.2, 0.25) is 0 Å². The Labute approximate surface area is 194 Å². The molecule has 0 N–H and O–H groups in total. The van der Waals surface area contributed by atoms with E-state index in [1.54, 1.807) is 0 Å². The number of benzene rings is 5. The van der Waals surface area contributed by atoms with E-state index in [2.05, 4.69) is 152 Å². The van der Waals surface area contributed by atoms with E-state index in [0.717, 1.165) is 8.58 Å². The van der Waals surface area contributed by atoms with Crippen LogP contribution in [0.5, 0.6) is 0 Å². The van der Waals surface area contributed by atoms with Crippen molar-refractivity contribution in [2.24, 2.45) is 0 Å². The Balaban J connectivity index is 0.000000165. The molecule has 0 aliphatic carbocycles. The maximum atomic E-state index is 2.23. The Kier molecular flexibility index (Phi) is 8.39. The maximum Gasteiger partial charge on any atom is -0.0134 e. The van der Waals surface area contributed by atoms with Crippen LogP contribution in [0.4, 0.5) is 0 Å². The van der Waals surface area contributed by atoms with Gasteiger partial charge in [-0.3, -0.25) is 0 Å². The molecule has 0 heterocycles. The molecule has 156 valence electrons. The quantitative estimate of drug-likeness (QED) is 0.300. The first-order valence-electron chi connectivity index (χ1n) is 10.7. The van der Waals surface area contributed by atoms with Crippen molar-refractivity contribution in [2.45, 2.75) is 0 Å². The third kappa shape index (κ3) is 6.48. The van der Waals surface area contributed by atoms with Gasteiger partial charge < -0.3 is 0 Å². The van der Waals surface area contributed by atoms with Crippen LogP contribution >= 0.6 is 16.5 Å². The van der Waals surface area contributed by atoms with Crippen molar-refractivity contribution in [2.75, 3.05) is 0 Å². The van der Waals surface area contributed by atoms with Gasteiger partial charge in [0.1, 0.15) is 0 Å². The predicted octanol–water partition coefficient (Wildman–Crippen LogP) is 5.76. The fraction of sp³-hybridized carbons (Fsp3) is 0. The molecule has 0 bridgehead atoms. The van der Waals surface area contributed by atoms with Gasteiger partial charge in [0, 0.05) is 0 Å². The second-order valence-electron chi connectivity index (χ2n) is 7.20. The molecule has 0 amide bonds. The van der Waals surface area contributed by atoms with Crippen molar-refractivity contribution in [1.82, 2.24) is 0 Å². The van der Waals surface area contributed by atoms with E-state index in [-0.39, 0.29) is 0 Å². The largest absolute Gasteiger partial charge is 0.0622 e. The summed E-state index contributed by atoms with van der Waals surface area (Å²) in [5.74, 6) is 0. The van der Waals surface area contributed by atoms with E-state index in [1.807, 2.05) is 0 Å². The second kappa shape index (κ2) is 12.1. The number of hydrogen-bond donors (Lipinski definition) is 0. The minimum absolute atomic E-state index is 0.446. The van der Waals surface area contributed by atoms with Gasteiger partial charge in [0.2, 0.25) is 0 Å². The summed E-state index contributed by atoms with van der Waals surface area (Å²) in [6.07, 6.45) is 0. The highest BCUT2D eigenvalue weighted by atomic mass is 31.1. The SMILES string of the molecule is c1ccc(P(c2ccccc2)c2ccccc2)cc1.c1ccc(Pc2ccccc2)cc1. The molecule has 0 fully saturated rings. The summed E-state index contributed by atoms with van der Waals surface area (Å²) in [5.41, 5.74) is 0. The summed E-state index contributed by atoms with van der Waals surface area (Å²) < 4.78 is 0. The van der Waals surface area contributed by atoms with Crippen LogP contribution in [0.1, 0.15) is 0 Å². The third-order valence-electron chi connectivity index (χ3n) is 4.88. The Hall–Kier alpha value is -3.04. The van der Waals surface area contributed by atoms with Gasteiger partial charge in [-0.25, -0.2) is 0 Å². The fourth-order valence-electron chi connectivity index (χ4n) is 3.39. The molecule has 0 spiro atoms. The summed E-state index contributed by atoms with van der Waals surface area (Å²) in [7, 11) is 0.331. The Morgan fingerprint density at radius 2 is 0.562 bits per heavy atom. The lowest BCUT2D eigenvalue weighted by atomic mass is 10.4. The van der Waals surface area contributed by atoms with Gasteiger partial charge >= 0.3 is 0 Å². The van der Waals surface area contributed by atoms with E-state index < -0.39 is 7.92 Å². The average molecular weight is 448 g/mol. The highest BCUT2D eigenvalue weighted by molar-refractivity contribution is 7.79. The summed E-state index contributed by atoms with van der Waals surface area (Å²) in [5, 5.41) is 6.99. The molecule has 0 aliphatic rings. The van der Waals surface area contributed by atoms with Crippen LogP contribution in [-0.2, 0) is 0 Å². The topological polar surface area (TPSA) is 0 Å². The predicted molar refractivity (Wildman–Crippen MR) is 146 cm³/mol. The molecule has 0 unspecified atom stereocenters. The van der Waals surface area contributed by atoms with Gasteiger partial charge in [-0.1, -0.05) is 160 Å². The zero-order chi connectivity index (χ0) is 21.8. The first-order valence-corrected chi connectivity index (χ1v) is 13.1. The number of hydrogen-bond acceptors (Lipinski definition) is 0. The third-order valence-corrected chi connectivity index (χ3v) is 8.57. The summed E-state index contributed by atoms with van der Waals surface area (Å²) in [6, 6.07) is 53.5. The van der Waals surface area contributed by atoms with E-state index in [9.17, 15) is 0 Å². The van der Waals surface area contributed by atoms with Crippen molar-refractivity contribution in [3.05, 3.63) is 152 Å². The molecule has 5 rings (SSSR count). The van der Waals surface area contributed by atoms with Crippen molar-refractivity contribution < 1.29 is 0 Å². The summed E-state index contributed by atoms with van der Waals surface area (Å²) >= 11 is 0. The van der Waals surface area contributed by atoms with E-state index in [1.165, 1.54) is 26.5 Å². The fourth-order valence-corrected chi connectivity index (χ4v) is 6.74. The first kappa shape index (κ1) is 22.2. The molecule has 5 aromatic carbocycles. The van der Waals surface area contributed by atoms with Crippen molar-refractivity contribution in [1.29, 1.82) is 0 Å². The normalized spacial score (nSPS) is 10.3. The summed E-state index contributed by atoms with van der Waals surface area (Å²) in [6.45, 7) is 0. The lowest BCUT2D eigenvalue weighted by Crippen LogP contribution is -2.20. The van der Waals surface area contributed by atoms with Gasteiger partial charge in [-0.15, -0.1) is 0 Å². The van der Waals surface area contributed by atoms with Crippen LogP contribution in [-0.4, -0.2) is 0 Å². The van der Waals surface area contributed by atoms with Crippen molar-refractivity contribution in [3.63, 3.8) is 0 Å². The minimum Gasteiger partial charge on any atom is -0.0622 e. The average Bonchev–Trinajstić information content (AvgIpc) is 2.88. The molecule has 5 aromatic rings. The molecule has 0 atom stereocenters. The highest BCUT2D eigenvalue weighted by Crippen LogP contribution is 2.32. The maximum absolute atomic E-state index is 2.23. The minimum atomic E-state index is -0.446. The molecular weight excluding hydrogens is 422 g/mol. The van der Waals surface area contributed by atoms with Crippen LogP contribution in [0.25, 0.3) is 0 Å². The molecule has 0 saturated carbocycles. The molecular formula is C30H26P2. The molecule has 0 nitrogen and oxygen atoms in total. The van der Waals surface area contributed by atoms with Gasteiger partial charge in [-0.05, 0) is 34.4 Å². The molecule has 32 heavy (non-hydrogen) atoms.